The maximum absolute atomic E-state index is 6.12. The molecule has 26 heavy (non-hydrogen) atoms. The van der Waals surface area contributed by atoms with Crippen LogP contribution in [0.15, 0.2) is 48.7 Å². The van der Waals surface area contributed by atoms with Crippen LogP contribution in [0, 0.1) is 0 Å². The highest BCUT2D eigenvalue weighted by Crippen LogP contribution is 2.25. The van der Waals surface area contributed by atoms with E-state index in [0.717, 1.165) is 5.56 Å². The summed E-state index contributed by atoms with van der Waals surface area (Å²) in [5.41, 5.74) is 1.64. The third kappa shape index (κ3) is 5.02. The van der Waals surface area contributed by atoms with Crippen LogP contribution >= 0.6 is 58.6 Å². The molecule has 0 saturated heterocycles. The van der Waals surface area contributed by atoms with Crippen molar-refractivity contribution < 1.29 is 0 Å². The number of hydrogen-bond acceptors (Lipinski definition) is 2. The van der Waals surface area contributed by atoms with Crippen molar-refractivity contribution in [2.45, 2.75) is 6.54 Å². The first-order valence-electron chi connectivity index (χ1n) is 7.41. The molecule has 0 amide bonds. The summed E-state index contributed by atoms with van der Waals surface area (Å²) in [5.74, 6) is 0.604. The molecule has 4 nitrogen and oxygen atoms in total. The zero-order chi connectivity index (χ0) is 18.7. The van der Waals surface area contributed by atoms with Gasteiger partial charge < -0.3 is 10.6 Å². The molecular formula is C17H12Cl4N4S. The van der Waals surface area contributed by atoms with Gasteiger partial charge in [0.1, 0.15) is 0 Å². The SMILES string of the molecule is S=C(Nc1ccn(Cc2ccc(Cl)c(Cl)c2)n1)Nc1ccc(Cl)cc1Cl. The number of halogens is 4. The van der Waals surface area contributed by atoms with Gasteiger partial charge in [-0.05, 0) is 48.1 Å². The van der Waals surface area contributed by atoms with Crippen molar-refractivity contribution in [3.05, 3.63) is 74.3 Å². The molecular weight excluding hydrogens is 434 g/mol. The van der Waals surface area contributed by atoms with Gasteiger partial charge in [0.25, 0.3) is 0 Å². The van der Waals surface area contributed by atoms with Gasteiger partial charge in [0.2, 0.25) is 0 Å². The van der Waals surface area contributed by atoms with Gasteiger partial charge >= 0.3 is 0 Å². The molecule has 0 bridgehead atoms. The Labute approximate surface area is 176 Å². The number of anilines is 2. The van der Waals surface area contributed by atoms with E-state index in [1.807, 2.05) is 24.4 Å². The summed E-state index contributed by atoms with van der Waals surface area (Å²) in [7, 11) is 0. The summed E-state index contributed by atoms with van der Waals surface area (Å²) in [6.45, 7) is 0.557. The van der Waals surface area contributed by atoms with E-state index in [1.165, 1.54) is 0 Å². The van der Waals surface area contributed by atoms with Crippen LogP contribution in [0.1, 0.15) is 5.56 Å². The molecule has 0 fully saturated rings. The van der Waals surface area contributed by atoms with Crippen LogP contribution in [0.3, 0.4) is 0 Å². The van der Waals surface area contributed by atoms with E-state index in [1.54, 1.807) is 28.9 Å². The predicted octanol–water partition coefficient (Wildman–Crippen LogP) is 6.35. The maximum Gasteiger partial charge on any atom is 0.176 e. The number of nitrogens with zero attached hydrogens (tertiary/aromatic N) is 2. The Kier molecular flexibility index (Phi) is 6.27. The molecule has 0 aliphatic rings. The van der Waals surface area contributed by atoms with E-state index in [2.05, 4.69) is 15.7 Å². The quantitative estimate of drug-likeness (QED) is 0.458. The minimum absolute atomic E-state index is 0.369. The zero-order valence-electron chi connectivity index (χ0n) is 13.1. The zero-order valence-corrected chi connectivity index (χ0v) is 17.0. The van der Waals surface area contributed by atoms with E-state index >= 15 is 0 Å². The standard InChI is InChI=1S/C17H12Cl4N4S/c18-11-2-4-15(14(21)8-11)22-17(26)23-16-5-6-25(24-16)9-10-1-3-12(19)13(20)7-10/h1-8H,9H2,(H2,22,23,24,26). The minimum atomic E-state index is 0.369. The molecule has 0 saturated carbocycles. The van der Waals surface area contributed by atoms with Crippen LogP contribution in [-0.2, 0) is 6.54 Å². The van der Waals surface area contributed by atoms with E-state index in [4.69, 9.17) is 58.6 Å². The summed E-state index contributed by atoms with van der Waals surface area (Å²) >= 11 is 29.3. The van der Waals surface area contributed by atoms with Crippen molar-refractivity contribution in [3.63, 3.8) is 0 Å². The van der Waals surface area contributed by atoms with E-state index in [0.29, 0.717) is 43.3 Å². The van der Waals surface area contributed by atoms with Crippen molar-refractivity contribution in [2.24, 2.45) is 0 Å². The second kappa shape index (κ2) is 8.46. The van der Waals surface area contributed by atoms with Gasteiger partial charge in [0.05, 0.1) is 27.3 Å². The van der Waals surface area contributed by atoms with Gasteiger partial charge in [-0.1, -0.05) is 52.5 Å². The topological polar surface area (TPSA) is 41.9 Å². The highest BCUT2D eigenvalue weighted by molar-refractivity contribution is 7.80. The molecule has 0 radical (unpaired) electrons. The number of benzene rings is 2. The summed E-state index contributed by atoms with van der Waals surface area (Å²) < 4.78 is 1.76. The normalized spacial score (nSPS) is 10.6. The Morgan fingerprint density at radius 1 is 0.923 bits per heavy atom. The first-order valence-corrected chi connectivity index (χ1v) is 9.33. The van der Waals surface area contributed by atoms with Gasteiger partial charge in [0, 0.05) is 17.3 Å². The van der Waals surface area contributed by atoms with Crippen LogP contribution in [0.5, 0.6) is 0 Å². The Hall–Kier alpha value is -1.50. The number of rotatable bonds is 4. The van der Waals surface area contributed by atoms with Crippen LogP contribution < -0.4 is 10.6 Å². The summed E-state index contributed by atoms with van der Waals surface area (Å²) in [6, 6.07) is 12.4. The second-order valence-corrected chi connectivity index (χ2v) is 7.42. The van der Waals surface area contributed by atoms with E-state index in [-0.39, 0.29) is 0 Å². The molecule has 3 aromatic rings. The smallest absolute Gasteiger partial charge is 0.176 e. The largest absolute Gasteiger partial charge is 0.331 e. The predicted molar refractivity (Wildman–Crippen MR) is 114 cm³/mol. The molecule has 0 unspecified atom stereocenters. The highest BCUT2D eigenvalue weighted by atomic mass is 35.5. The van der Waals surface area contributed by atoms with Gasteiger partial charge in [-0.3, -0.25) is 4.68 Å². The van der Waals surface area contributed by atoms with Gasteiger partial charge in [-0.2, -0.15) is 5.10 Å². The molecule has 9 heteroatoms. The monoisotopic (exact) mass is 444 g/mol. The van der Waals surface area contributed by atoms with Crippen LogP contribution in [0.4, 0.5) is 11.5 Å². The molecule has 0 atom stereocenters. The Bertz CT molecular complexity index is 958. The molecule has 3 rings (SSSR count). The van der Waals surface area contributed by atoms with Gasteiger partial charge in [0.15, 0.2) is 10.9 Å². The lowest BCUT2D eigenvalue weighted by Crippen LogP contribution is -2.19. The van der Waals surface area contributed by atoms with Crippen molar-refractivity contribution in [1.82, 2.24) is 9.78 Å². The van der Waals surface area contributed by atoms with Crippen LogP contribution in [0.2, 0.25) is 20.1 Å². The molecule has 0 spiro atoms. The lowest BCUT2D eigenvalue weighted by molar-refractivity contribution is 0.690. The fourth-order valence-electron chi connectivity index (χ4n) is 2.20. The molecule has 0 aliphatic heterocycles. The molecule has 1 heterocycles. The van der Waals surface area contributed by atoms with Gasteiger partial charge in [-0.25, -0.2) is 0 Å². The Balaban J connectivity index is 1.62. The minimum Gasteiger partial charge on any atom is -0.331 e. The van der Waals surface area contributed by atoms with Crippen molar-refractivity contribution in [2.75, 3.05) is 10.6 Å². The second-order valence-electron chi connectivity index (χ2n) is 5.35. The van der Waals surface area contributed by atoms with Gasteiger partial charge in [-0.15, -0.1) is 0 Å². The lowest BCUT2D eigenvalue weighted by atomic mass is 10.2. The fourth-order valence-corrected chi connectivity index (χ4v) is 3.19. The van der Waals surface area contributed by atoms with Crippen molar-refractivity contribution in [1.29, 1.82) is 0 Å². The fraction of sp³-hybridized carbons (Fsp3) is 0.0588. The summed E-state index contributed by atoms with van der Waals surface area (Å²) in [6.07, 6.45) is 1.84. The Morgan fingerprint density at radius 3 is 2.46 bits per heavy atom. The average Bonchev–Trinajstić information content (AvgIpc) is 3.00. The third-order valence-electron chi connectivity index (χ3n) is 3.39. The molecule has 0 aliphatic carbocycles. The Morgan fingerprint density at radius 2 is 1.73 bits per heavy atom. The van der Waals surface area contributed by atoms with E-state index < -0.39 is 0 Å². The van der Waals surface area contributed by atoms with Crippen LogP contribution in [-0.4, -0.2) is 14.9 Å². The summed E-state index contributed by atoms with van der Waals surface area (Å²) in [4.78, 5) is 0. The highest BCUT2D eigenvalue weighted by Gasteiger charge is 2.07. The number of nitrogens with one attached hydrogen (secondary N) is 2. The first-order chi connectivity index (χ1) is 12.4. The lowest BCUT2D eigenvalue weighted by Gasteiger charge is -2.10. The third-order valence-corrected chi connectivity index (χ3v) is 4.88. The van der Waals surface area contributed by atoms with Crippen molar-refractivity contribution in [3.8, 4) is 0 Å². The van der Waals surface area contributed by atoms with Crippen molar-refractivity contribution >= 4 is 75.2 Å². The molecule has 1 aromatic heterocycles. The number of thiocarbonyl (C=S) groups is 1. The molecule has 2 aromatic carbocycles. The first kappa shape index (κ1) is 19.3. The number of hydrogen-bond donors (Lipinski definition) is 2. The van der Waals surface area contributed by atoms with E-state index in [9.17, 15) is 0 Å². The number of aromatic nitrogens is 2. The summed E-state index contributed by atoms with van der Waals surface area (Å²) in [5, 5.41) is 12.9. The van der Waals surface area contributed by atoms with Crippen LogP contribution in [0.25, 0.3) is 0 Å². The maximum atomic E-state index is 6.12. The molecule has 134 valence electrons. The molecule has 2 N–H and O–H groups in total. The average molecular weight is 446 g/mol.